The van der Waals surface area contributed by atoms with E-state index in [1.807, 2.05) is 14.0 Å². The van der Waals surface area contributed by atoms with Crippen molar-refractivity contribution in [3.05, 3.63) is 41.1 Å². The minimum absolute atomic E-state index is 0.399. The summed E-state index contributed by atoms with van der Waals surface area (Å²) >= 11 is 1.27. The summed E-state index contributed by atoms with van der Waals surface area (Å²) in [6, 6.07) is 3.63. The zero-order valence-corrected chi connectivity index (χ0v) is 13.2. The van der Waals surface area contributed by atoms with E-state index in [1.165, 1.54) is 23.9 Å². The molecule has 0 saturated carbocycles. The van der Waals surface area contributed by atoms with Gasteiger partial charge in [0.2, 0.25) is 0 Å². The molecule has 0 fully saturated rings. The van der Waals surface area contributed by atoms with E-state index in [0.717, 1.165) is 35.3 Å². The van der Waals surface area contributed by atoms with Gasteiger partial charge in [0, 0.05) is 30.1 Å². The van der Waals surface area contributed by atoms with Crippen molar-refractivity contribution in [3.8, 4) is 0 Å². The Hall–Kier alpha value is -1.40. The highest BCUT2D eigenvalue weighted by atomic mass is 32.2. The number of benzene rings is 1. The highest BCUT2D eigenvalue weighted by molar-refractivity contribution is 7.99. The van der Waals surface area contributed by atoms with Crippen molar-refractivity contribution < 1.29 is 8.78 Å². The smallest absolute Gasteiger partial charge is 0.140 e. The first kappa shape index (κ1) is 16.0. The quantitative estimate of drug-likeness (QED) is 0.826. The van der Waals surface area contributed by atoms with Gasteiger partial charge in [-0.15, -0.1) is 0 Å². The van der Waals surface area contributed by atoms with E-state index in [2.05, 4.69) is 17.3 Å². The Morgan fingerprint density at radius 2 is 2.10 bits per heavy atom. The maximum Gasteiger partial charge on any atom is 0.140 e. The van der Waals surface area contributed by atoms with Crippen molar-refractivity contribution in [1.82, 2.24) is 15.1 Å². The summed E-state index contributed by atoms with van der Waals surface area (Å²) in [5.41, 5.74) is 1.98. The average molecular weight is 311 g/mol. The molecule has 0 radical (unpaired) electrons. The highest BCUT2D eigenvalue weighted by Crippen LogP contribution is 2.33. The molecule has 0 aliphatic rings. The molecule has 1 aromatic carbocycles. The zero-order valence-electron chi connectivity index (χ0n) is 12.4. The van der Waals surface area contributed by atoms with Crippen LogP contribution in [-0.2, 0) is 13.6 Å². The molecule has 1 aromatic heterocycles. The molecule has 1 N–H and O–H groups in total. The molecule has 21 heavy (non-hydrogen) atoms. The van der Waals surface area contributed by atoms with Crippen LogP contribution in [-0.4, -0.2) is 16.3 Å². The predicted octanol–water partition coefficient (Wildman–Crippen LogP) is 3.66. The third-order valence-corrected chi connectivity index (χ3v) is 4.37. The summed E-state index contributed by atoms with van der Waals surface area (Å²) in [4.78, 5) is 0.399. The first-order valence-electron chi connectivity index (χ1n) is 6.89. The number of rotatable bonds is 6. The van der Waals surface area contributed by atoms with Crippen LogP contribution < -0.4 is 5.32 Å². The minimum Gasteiger partial charge on any atom is -0.313 e. The predicted molar refractivity (Wildman–Crippen MR) is 80.4 cm³/mol. The number of hydrogen-bond donors (Lipinski definition) is 1. The SMILES string of the molecule is CCCNCc1c(C)nn(C)c1Sc1ccc(F)cc1F. The molecule has 0 unspecified atom stereocenters. The van der Waals surface area contributed by atoms with E-state index in [0.29, 0.717) is 11.4 Å². The molecule has 3 nitrogen and oxygen atoms in total. The van der Waals surface area contributed by atoms with Crippen molar-refractivity contribution in [2.24, 2.45) is 7.05 Å². The van der Waals surface area contributed by atoms with Crippen LogP contribution >= 0.6 is 11.8 Å². The zero-order chi connectivity index (χ0) is 15.4. The molecular formula is C15H19F2N3S. The number of nitrogens with one attached hydrogen (secondary N) is 1. The van der Waals surface area contributed by atoms with Gasteiger partial charge in [-0.3, -0.25) is 4.68 Å². The van der Waals surface area contributed by atoms with Crippen molar-refractivity contribution in [3.63, 3.8) is 0 Å². The standard InChI is InChI=1S/C15H19F2N3S/c1-4-7-18-9-12-10(2)19-20(3)15(12)21-14-6-5-11(16)8-13(14)17/h5-6,8,18H,4,7,9H2,1-3H3. The van der Waals surface area contributed by atoms with Gasteiger partial charge in [0.05, 0.1) is 5.69 Å². The lowest BCUT2D eigenvalue weighted by atomic mass is 10.2. The molecule has 2 rings (SSSR count). The Labute approximate surface area is 127 Å². The van der Waals surface area contributed by atoms with Gasteiger partial charge in [-0.1, -0.05) is 18.7 Å². The van der Waals surface area contributed by atoms with Crippen LogP contribution in [0, 0.1) is 18.6 Å². The van der Waals surface area contributed by atoms with Gasteiger partial charge >= 0.3 is 0 Å². The summed E-state index contributed by atoms with van der Waals surface area (Å²) in [5.74, 6) is -1.12. The molecule has 0 aliphatic heterocycles. The summed E-state index contributed by atoms with van der Waals surface area (Å²) in [6.45, 7) is 5.66. The van der Waals surface area contributed by atoms with Gasteiger partial charge in [0.1, 0.15) is 16.7 Å². The Kier molecular flexibility index (Phi) is 5.36. The number of aromatic nitrogens is 2. The number of nitrogens with zero attached hydrogens (tertiary/aromatic N) is 2. The van der Waals surface area contributed by atoms with Gasteiger partial charge in [0.15, 0.2) is 0 Å². The molecule has 114 valence electrons. The van der Waals surface area contributed by atoms with Gasteiger partial charge in [-0.2, -0.15) is 5.10 Å². The summed E-state index contributed by atoms with van der Waals surface area (Å²) in [7, 11) is 1.83. The van der Waals surface area contributed by atoms with Crippen LogP contribution in [0.5, 0.6) is 0 Å². The van der Waals surface area contributed by atoms with Crippen LogP contribution in [0.25, 0.3) is 0 Å². The van der Waals surface area contributed by atoms with Crippen LogP contribution in [0.4, 0.5) is 8.78 Å². The van der Waals surface area contributed by atoms with Gasteiger partial charge in [0.25, 0.3) is 0 Å². The lowest BCUT2D eigenvalue weighted by Crippen LogP contribution is -2.14. The monoisotopic (exact) mass is 311 g/mol. The van der Waals surface area contributed by atoms with Crippen LogP contribution in [0.1, 0.15) is 24.6 Å². The number of hydrogen-bond acceptors (Lipinski definition) is 3. The Bertz CT molecular complexity index is 626. The molecule has 0 bridgehead atoms. The molecular weight excluding hydrogens is 292 g/mol. The van der Waals surface area contributed by atoms with E-state index >= 15 is 0 Å². The third-order valence-electron chi connectivity index (χ3n) is 3.12. The molecule has 1 heterocycles. The second kappa shape index (κ2) is 7.04. The van der Waals surface area contributed by atoms with E-state index in [-0.39, 0.29) is 0 Å². The summed E-state index contributed by atoms with van der Waals surface area (Å²) in [5, 5.41) is 8.60. The fraction of sp³-hybridized carbons (Fsp3) is 0.400. The maximum atomic E-state index is 13.8. The lowest BCUT2D eigenvalue weighted by molar-refractivity contribution is 0.565. The largest absolute Gasteiger partial charge is 0.313 e. The molecule has 0 spiro atoms. The first-order valence-corrected chi connectivity index (χ1v) is 7.70. The Morgan fingerprint density at radius 1 is 1.33 bits per heavy atom. The van der Waals surface area contributed by atoms with Gasteiger partial charge in [-0.05, 0) is 32.0 Å². The Balaban J connectivity index is 2.26. The lowest BCUT2D eigenvalue weighted by Gasteiger charge is -2.08. The second-order valence-corrected chi connectivity index (χ2v) is 5.88. The second-order valence-electron chi connectivity index (χ2n) is 4.85. The molecule has 0 amide bonds. The van der Waals surface area contributed by atoms with E-state index in [4.69, 9.17) is 0 Å². The average Bonchev–Trinajstić information content (AvgIpc) is 2.68. The summed E-state index contributed by atoms with van der Waals surface area (Å²) in [6.07, 6.45) is 1.05. The van der Waals surface area contributed by atoms with Gasteiger partial charge in [-0.25, -0.2) is 8.78 Å². The highest BCUT2D eigenvalue weighted by Gasteiger charge is 2.16. The first-order chi connectivity index (χ1) is 10.0. The fourth-order valence-electron chi connectivity index (χ4n) is 2.06. The summed E-state index contributed by atoms with van der Waals surface area (Å²) < 4.78 is 28.5. The minimum atomic E-state index is -0.567. The molecule has 0 saturated heterocycles. The third kappa shape index (κ3) is 3.83. The van der Waals surface area contributed by atoms with Crippen LogP contribution in [0.2, 0.25) is 0 Å². The molecule has 0 atom stereocenters. The fourth-order valence-corrected chi connectivity index (χ4v) is 3.08. The van der Waals surface area contributed by atoms with Crippen molar-refractivity contribution in [2.45, 2.75) is 36.7 Å². The van der Waals surface area contributed by atoms with E-state index < -0.39 is 11.6 Å². The number of aryl methyl sites for hydroxylation is 2. The number of halogens is 2. The van der Waals surface area contributed by atoms with Crippen LogP contribution in [0.15, 0.2) is 28.1 Å². The molecule has 0 aliphatic carbocycles. The van der Waals surface area contributed by atoms with E-state index in [1.54, 1.807) is 4.68 Å². The Morgan fingerprint density at radius 3 is 2.76 bits per heavy atom. The normalized spacial score (nSPS) is 11.1. The molecule has 2 aromatic rings. The van der Waals surface area contributed by atoms with Crippen LogP contribution in [0.3, 0.4) is 0 Å². The van der Waals surface area contributed by atoms with Crippen molar-refractivity contribution in [1.29, 1.82) is 0 Å². The molecule has 6 heteroatoms. The van der Waals surface area contributed by atoms with E-state index in [9.17, 15) is 8.78 Å². The van der Waals surface area contributed by atoms with Crippen molar-refractivity contribution >= 4 is 11.8 Å². The topological polar surface area (TPSA) is 29.9 Å². The van der Waals surface area contributed by atoms with Crippen molar-refractivity contribution in [2.75, 3.05) is 6.54 Å². The van der Waals surface area contributed by atoms with Gasteiger partial charge < -0.3 is 5.32 Å². The maximum absolute atomic E-state index is 13.8.